The lowest BCUT2D eigenvalue weighted by atomic mass is 10.2. The Morgan fingerprint density at radius 1 is 1.20 bits per heavy atom. The van der Waals surface area contributed by atoms with E-state index in [1.165, 1.54) is 0 Å². The molecule has 158 valence electrons. The van der Waals surface area contributed by atoms with Crippen LogP contribution in [0.3, 0.4) is 0 Å². The highest BCUT2D eigenvalue weighted by molar-refractivity contribution is 5.87. The maximum atomic E-state index is 11.0. The molecule has 0 spiro atoms. The normalized spacial score (nSPS) is 12.9. The summed E-state index contributed by atoms with van der Waals surface area (Å²) in [6, 6.07) is 5.84. The van der Waals surface area contributed by atoms with Gasteiger partial charge in [0.15, 0.2) is 17.3 Å². The van der Waals surface area contributed by atoms with Crippen molar-refractivity contribution >= 4 is 22.8 Å². The van der Waals surface area contributed by atoms with Crippen LogP contribution >= 0.6 is 0 Å². The largest absolute Gasteiger partial charge is 0.486 e. The number of aryl methyl sites for hydroxylation is 3. The highest BCUT2D eigenvalue weighted by atomic mass is 16.6. The van der Waals surface area contributed by atoms with E-state index in [1.54, 1.807) is 4.68 Å². The summed E-state index contributed by atoms with van der Waals surface area (Å²) in [5, 5.41) is 17.0. The number of carboxylic acids is 1. The van der Waals surface area contributed by atoms with Crippen molar-refractivity contribution in [3.8, 4) is 11.5 Å². The Kier molecular flexibility index (Phi) is 5.69. The van der Waals surface area contributed by atoms with E-state index in [1.807, 2.05) is 25.2 Å². The Morgan fingerprint density at radius 3 is 2.77 bits per heavy atom. The van der Waals surface area contributed by atoms with Gasteiger partial charge in [0.2, 0.25) is 0 Å². The number of carboxylic acid groups (broad SMARTS) is 1. The van der Waals surface area contributed by atoms with Crippen molar-refractivity contribution in [3.05, 3.63) is 35.3 Å². The molecular formula is C21H25N5O4. The number of rotatable bonds is 8. The minimum Gasteiger partial charge on any atom is -0.486 e. The van der Waals surface area contributed by atoms with Gasteiger partial charge in [-0.1, -0.05) is 19.4 Å². The lowest BCUT2D eigenvalue weighted by Crippen LogP contribution is -2.15. The summed E-state index contributed by atoms with van der Waals surface area (Å²) in [7, 11) is 1.87. The molecule has 0 amide bonds. The molecule has 0 unspecified atom stereocenters. The molecular weight excluding hydrogens is 386 g/mol. The second-order valence-electron chi connectivity index (χ2n) is 7.23. The summed E-state index contributed by atoms with van der Waals surface area (Å²) >= 11 is 0. The zero-order valence-corrected chi connectivity index (χ0v) is 17.1. The zero-order chi connectivity index (χ0) is 21.1. The van der Waals surface area contributed by atoms with Crippen molar-refractivity contribution in [2.75, 3.05) is 18.5 Å². The smallest absolute Gasteiger partial charge is 0.303 e. The van der Waals surface area contributed by atoms with Crippen molar-refractivity contribution in [1.29, 1.82) is 0 Å². The Bertz CT molecular complexity index is 1080. The van der Waals surface area contributed by atoms with E-state index < -0.39 is 5.97 Å². The predicted octanol–water partition coefficient (Wildman–Crippen LogP) is 2.72. The van der Waals surface area contributed by atoms with E-state index in [9.17, 15) is 4.79 Å². The van der Waals surface area contributed by atoms with E-state index >= 15 is 0 Å². The molecule has 9 heteroatoms. The maximum absolute atomic E-state index is 11.0. The molecule has 3 heterocycles. The molecule has 2 aromatic heterocycles. The van der Waals surface area contributed by atoms with Crippen molar-refractivity contribution in [1.82, 2.24) is 19.7 Å². The lowest BCUT2D eigenvalue weighted by molar-refractivity contribution is -0.137. The fourth-order valence-electron chi connectivity index (χ4n) is 3.53. The number of hydrogen-bond acceptors (Lipinski definition) is 7. The third-order valence-electron chi connectivity index (χ3n) is 4.91. The first-order valence-electron chi connectivity index (χ1n) is 10.1. The Labute approximate surface area is 174 Å². The topological polar surface area (TPSA) is 111 Å². The summed E-state index contributed by atoms with van der Waals surface area (Å²) in [5.41, 5.74) is 3.51. The summed E-state index contributed by atoms with van der Waals surface area (Å²) in [6.45, 7) is 3.71. The van der Waals surface area contributed by atoms with Crippen LogP contribution < -0.4 is 14.8 Å². The number of nitrogens with zero attached hydrogens (tertiary/aromatic N) is 4. The van der Waals surface area contributed by atoms with E-state index in [4.69, 9.17) is 14.6 Å². The Hall–Kier alpha value is -3.36. The first-order chi connectivity index (χ1) is 14.5. The monoisotopic (exact) mass is 411 g/mol. The molecule has 9 nitrogen and oxygen atoms in total. The van der Waals surface area contributed by atoms with Crippen molar-refractivity contribution < 1.29 is 19.4 Å². The average molecular weight is 411 g/mol. The van der Waals surface area contributed by atoms with Gasteiger partial charge in [-0.3, -0.25) is 9.48 Å². The highest BCUT2D eigenvalue weighted by Gasteiger charge is 2.18. The van der Waals surface area contributed by atoms with Gasteiger partial charge in [0.05, 0.1) is 12.1 Å². The SMILES string of the molecule is CCCc1nn(C)c2c(NCc3ccc4c(c3)OCCO4)nc(CCC(=O)O)nc12. The third-order valence-corrected chi connectivity index (χ3v) is 4.91. The van der Waals surface area contributed by atoms with Gasteiger partial charge >= 0.3 is 5.97 Å². The van der Waals surface area contributed by atoms with Gasteiger partial charge in [-0.15, -0.1) is 0 Å². The number of aliphatic carboxylic acids is 1. The molecule has 0 atom stereocenters. The van der Waals surface area contributed by atoms with Gasteiger partial charge in [-0.25, -0.2) is 9.97 Å². The van der Waals surface area contributed by atoms with Crippen LogP contribution in [0.5, 0.6) is 11.5 Å². The number of fused-ring (bicyclic) bond motifs is 2. The summed E-state index contributed by atoms with van der Waals surface area (Å²) in [4.78, 5) is 20.2. The maximum Gasteiger partial charge on any atom is 0.303 e. The summed E-state index contributed by atoms with van der Waals surface area (Å²) in [5.74, 6) is 1.76. The van der Waals surface area contributed by atoms with Crippen molar-refractivity contribution in [3.63, 3.8) is 0 Å². The van der Waals surface area contributed by atoms with Gasteiger partial charge < -0.3 is 19.9 Å². The molecule has 0 fully saturated rings. The van der Waals surface area contributed by atoms with Crippen LogP contribution in [-0.4, -0.2) is 44.0 Å². The molecule has 1 aromatic carbocycles. The van der Waals surface area contributed by atoms with Crippen LogP contribution in [-0.2, 0) is 31.2 Å². The molecule has 2 N–H and O–H groups in total. The number of ether oxygens (including phenoxy) is 2. The average Bonchev–Trinajstić information content (AvgIpc) is 3.06. The minimum atomic E-state index is -0.871. The van der Waals surface area contributed by atoms with Crippen molar-refractivity contribution in [2.24, 2.45) is 7.05 Å². The molecule has 0 saturated heterocycles. The fourth-order valence-corrected chi connectivity index (χ4v) is 3.53. The Morgan fingerprint density at radius 2 is 2.00 bits per heavy atom. The number of aromatic nitrogens is 4. The van der Waals surface area contributed by atoms with E-state index in [0.717, 1.165) is 46.6 Å². The summed E-state index contributed by atoms with van der Waals surface area (Å²) in [6.07, 6.45) is 2.00. The van der Waals surface area contributed by atoms with Crippen LogP contribution in [0.25, 0.3) is 11.0 Å². The van der Waals surface area contributed by atoms with E-state index in [2.05, 4.69) is 27.3 Å². The van der Waals surface area contributed by atoms with Gasteiger partial charge in [0, 0.05) is 20.0 Å². The molecule has 1 aliphatic rings. The van der Waals surface area contributed by atoms with Crippen LogP contribution in [0.1, 0.15) is 36.8 Å². The molecule has 0 bridgehead atoms. The first-order valence-corrected chi connectivity index (χ1v) is 10.1. The highest BCUT2D eigenvalue weighted by Crippen LogP contribution is 2.31. The van der Waals surface area contributed by atoms with Crippen molar-refractivity contribution in [2.45, 2.75) is 39.2 Å². The number of hydrogen-bond donors (Lipinski definition) is 2. The molecule has 0 aliphatic carbocycles. The number of carbonyl (C=O) groups is 1. The first kappa shape index (κ1) is 19.9. The molecule has 3 aromatic rings. The lowest BCUT2D eigenvalue weighted by Gasteiger charge is -2.19. The standard InChI is InChI=1S/C21H25N5O4/c1-3-4-14-19-20(26(2)25-14)21(24-17(23-19)7-8-18(27)28)22-12-13-5-6-15-16(11-13)30-10-9-29-15/h5-6,11H,3-4,7-10,12H2,1-2H3,(H,27,28)(H,22,23,24). The fraction of sp³-hybridized carbons (Fsp3) is 0.429. The molecule has 30 heavy (non-hydrogen) atoms. The molecule has 0 radical (unpaired) electrons. The molecule has 0 saturated carbocycles. The van der Waals surface area contributed by atoms with Crippen LogP contribution in [0, 0.1) is 0 Å². The van der Waals surface area contributed by atoms with Gasteiger partial charge in [0.25, 0.3) is 0 Å². The van der Waals surface area contributed by atoms with E-state index in [0.29, 0.717) is 31.4 Å². The van der Waals surface area contributed by atoms with Gasteiger partial charge in [-0.05, 0) is 24.1 Å². The van der Waals surface area contributed by atoms with E-state index in [-0.39, 0.29) is 12.8 Å². The minimum absolute atomic E-state index is 0.0174. The Balaban J connectivity index is 1.65. The van der Waals surface area contributed by atoms with Gasteiger partial charge in [-0.2, -0.15) is 5.10 Å². The molecule has 4 rings (SSSR count). The molecule has 1 aliphatic heterocycles. The summed E-state index contributed by atoms with van der Waals surface area (Å²) < 4.78 is 13.0. The predicted molar refractivity (Wildman–Crippen MR) is 111 cm³/mol. The number of anilines is 1. The van der Waals surface area contributed by atoms with Gasteiger partial charge in [0.1, 0.15) is 30.1 Å². The number of nitrogens with one attached hydrogen (secondary N) is 1. The van der Waals surface area contributed by atoms with Crippen LogP contribution in [0.15, 0.2) is 18.2 Å². The second kappa shape index (κ2) is 8.56. The second-order valence-corrected chi connectivity index (χ2v) is 7.23. The quantitative estimate of drug-likeness (QED) is 0.582. The third kappa shape index (κ3) is 4.14. The van der Waals surface area contributed by atoms with Crippen LogP contribution in [0.4, 0.5) is 5.82 Å². The number of benzene rings is 1. The van der Waals surface area contributed by atoms with Crippen LogP contribution in [0.2, 0.25) is 0 Å². The zero-order valence-electron chi connectivity index (χ0n) is 17.1.